The molecule has 0 saturated carbocycles. The van der Waals surface area contributed by atoms with E-state index in [-0.39, 0.29) is 5.78 Å². The van der Waals surface area contributed by atoms with Crippen LogP contribution in [0.5, 0.6) is 0 Å². The summed E-state index contributed by atoms with van der Waals surface area (Å²) in [6.07, 6.45) is 0. The van der Waals surface area contributed by atoms with Gasteiger partial charge in [0.15, 0.2) is 5.78 Å². The first-order valence-corrected chi connectivity index (χ1v) is 9.21. The molecule has 0 amide bonds. The summed E-state index contributed by atoms with van der Waals surface area (Å²) in [5.74, 6) is -0.113. The minimum absolute atomic E-state index is 0.113. The Labute approximate surface area is 159 Å². The van der Waals surface area contributed by atoms with Crippen LogP contribution in [-0.4, -0.2) is 5.78 Å². The van der Waals surface area contributed by atoms with Crippen molar-refractivity contribution in [2.45, 2.75) is 5.33 Å². The molecular formula is C20H13BrCl2O. The summed E-state index contributed by atoms with van der Waals surface area (Å²) in [6.45, 7) is 0. The predicted molar refractivity (Wildman–Crippen MR) is 104 cm³/mol. The minimum atomic E-state index is -0.113. The largest absolute Gasteiger partial charge is 0.289 e. The number of rotatable bonds is 4. The lowest BCUT2D eigenvalue weighted by Crippen LogP contribution is -2.02. The molecule has 0 unspecified atom stereocenters. The first-order chi connectivity index (χ1) is 11.6. The molecule has 0 atom stereocenters. The number of hydrogen-bond acceptors (Lipinski definition) is 1. The second-order valence-corrected chi connectivity index (χ2v) is 6.77. The normalized spacial score (nSPS) is 10.6. The van der Waals surface area contributed by atoms with Crippen molar-refractivity contribution in [3.8, 4) is 11.1 Å². The summed E-state index contributed by atoms with van der Waals surface area (Å²) >= 11 is 15.4. The van der Waals surface area contributed by atoms with E-state index in [1.807, 2.05) is 24.3 Å². The lowest BCUT2D eigenvalue weighted by Gasteiger charge is -2.07. The topological polar surface area (TPSA) is 17.1 Å². The van der Waals surface area contributed by atoms with E-state index in [1.54, 1.807) is 18.2 Å². The van der Waals surface area contributed by atoms with Gasteiger partial charge in [0.05, 0.1) is 5.02 Å². The van der Waals surface area contributed by atoms with Crippen molar-refractivity contribution >= 4 is 44.9 Å². The Balaban J connectivity index is 1.86. The molecule has 0 N–H and O–H groups in total. The third-order valence-electron chi connectivity index (χ3n) is 3.76. The van der Waals surface area contributed by atoms with Gasteiger partial charge in [0.25, 0.3) is 0 Å². The van der Waals surface area contributed by atoms with Crippen molar-refractivity contribution < 1.29 is 4.79 Å². The maximum absolute atomic E-state index is 12.6. The molecule has 0 radical (unpaired) electrons. The van der Waals surface area contributed by atoms with Crippen molar-refractivity contribution in [1.29, 1.82) is 0 Å². The number of carbonyl (C=O) groups is 1. The second kappa shape index (κ2) is 7.52. The maximum atomic E-state index is 12.6. The van der Waals surface area contributed by atoms with Crippen LogP contribution in [0.15, 0.2) is 66.7 Å². The van der Waals surface area contributed by atoms with Crippen LogP contribution in [0.4, 0.5) is 0 Å². The zero-order valence-corrected chi connectivity index (χ0v) is 15.7. The van der Waals surface area contributed by atoms with Gasteiger partial charge in [-0.05, 0) is 34.9 Å². The van der Waals surface area contributed by atoms with Gasteiger partial charge in [-0.1, -0.05) is 87.7 Å². The van der Waals surface area contributed by atoms with Gasteiger partial charge >= 0.3 is 0 Å². The van der Waals surface area contributed by atoms with Crippen LogP contribution in [-0.2, 0) is 5.33 Å². The van der Waals surface area contributed by atoms with E-state index in [2.05, 4.69) is 40.2 Å². The molecule has 120 valence electrons. The average molecular weight is 420 g/mol. The van der Waals surface area contributed by atoms with Crippen molar-refractivity contribution in [2.24, 2.45) is 0 Å². The van der Waals surface area contributed by atoms with Crippen molar-refractivity contribution in [3.63, 3.8) is 0 Å². The van der Waals surface area contributed by atoms with E-state index in [0.717, 1.165) is 16.5 Å². The van der Waals surface area contributed by atoms with Crippen LogP contribution < -0.4 is 0 Å². The number of hydrogen-bond donors (Lipinski definition) is 0. The molecule has 0 aliphatic rings. The van der Waals surface area contributed by atoms with Crippen molar-refractivity contribution in [3.05, 3.63) is 93.5 Å². The minimum Gasteiger partial charge on any atom is -0.289 e. The zero-order chi connectivity index (χ0) is 17.1. The van der Waals surface area contributed by atoms with E-state index < -0.39 is 0 Å². The Hall–Kier alpha value is -1.61. The highest BCUT2D eigenvalue weighted by Crippen LogP contribution is 2.25. The van der Waals surface area contributed by atoms with Gasteiger partial charge in [-0.15, -0.1) is 0 Å². The SMILES string of the molecule is O=C(c1ccc(-c2ccc(CBr)cc2)cc1)c1ccc(Cl)cc1Cl. The van der Waals surface area contributed by atoms with Crippen molar-refractivity contribution in [2.75, 3.05) is 0 Å². The maximum Gasteiger partial charge on any atom is 0.194 e. The molecule has 0 aliphatic carbocycles. The first kappa shape index (κ1) is 17.2. The summed E-state index contributed by atoms with van der Waals surface area (Å²) in [4.78, 5) is 12.6. The Morgan fingerprint density at radius 1 is 0.833 bits per heavy atom. The summed E-state index contributed by atoms with van der Waals surface area (Å²) in [7, 11) is 0. The number of halogens is 3. The predicted octanol–water partition coefficient (Wildman–Crippen LogP) is 6.79. The van der Waals surface area contributed by atoms with Gasteiger partial charge in [-0.2, -0.15) is 0 Å². The standard InChI is InChI=1S/C20H13BrCl2O/c21-12-13-1-3-14(4-2-13)15-5-7-16(8-6-15)20(24)18-10-9-17(22)11-19(18)23/h1-11H,12H2. The highest BCUT2D eigenvalue weighted by Gasteiger charge is 2.13. The molecule has 0 aliphatic heterocycles. The lowest BCUT2D eigenvalue weighted by atomic mass is 9.99. The van der Waals surface area contributed by atoms with Gasteiger partial charge in [0, 0.05) is 21.5 Å². The molecule has 4 heteroatoms. The Morgan fingerprint density at radius 3 is 1.96 bits per heavy atom. The van der Waals surface area contributed by atoms with Crippen LogP contribution in [0.3, 0.4) is 0 Å². The third-order valence-corrected chi connectivity index (χ3v) is 4.96. The second-order valence-electron chi connectivity index (χ2n) is 5.36. The molecule has 3 aromatic carbocycles. The number of alkyl halides is 1. The fourth-order valence-electron chi connectivity index (χ4n) is 2.43. The molecular weight excluding hydrogens is 407 g/mol. The summed E-state index contributed by atoms with van der Waals surface area (Å²) in [6, 6.07) is 20.7. The first-order valence-electron chi connectivity index (χ1n) is 7.33. The molecule has 0 heterocycles. The van der Waals surface area contributed by atoms with E-state index >= 15 is 0 Å². The molecule has 0 spiro atoms. The molecule has 0 fully saturated rings. The van der Waals surface area contributed by atoms with Gasteiger partial charge in [-0.25, -0.2) is 0 Å². The Morgan fingerprint density at radius 2 is 1.42 bits per heavy atom. The van der Waals surface area contributed by atoms with E-state index in [4.69, 9.17) is 23.2 Å². The average Bonchev–Trinajstić information content (AvgIpc) is 2.61. The van der Waals surface area contributed by atoms with E-state index in [0.29, 0.717) is 21.2 Å². The van der Waals surface area contributed by atoms with Gasteiger partial charge < -0.3 is 0 Å². The van der Waals surface area contributed by atoms with Crippen LogP contribution >= 0.6 is 39.1 Å². The van der Waals surface area contributed by atoms with Crippen LogP contribution in [0.2, 0.25) is 10.0 Å². The van der Waals surface area contributed by atoms with E-state index in [9.17, 15) is 4.79 Å². The number of ketones is 1. The smallest absolute Gasteiger partial charge is 0.194 e. The molecule has 0 bridgehead atoms. The van der Waals surface area contributed by atoms with Crippen molar-refractivity contribution in [1.82, 2.24) is 0 Å². The summed E-state index contributed by atoms with van der Waals surface area (Å²) < 4.78 is 0. The fraction of sp³-hybridized carbons (Fsp3) is 0.0500. The van der Waals surface area contributed by atoms with Crippen LogP contribution in [0.25, 0.3) is 11.1 Å². The Bertz CT molecular complexity index is 871. The monoisotopic (exact) mass is 418 g/mol. The molecule has 3 aromatic rings. The molecule has 24 heavy (non-hydrogen) atoms. The van der Waals surface area contributed by atoms with Gasteiger partial charge in [0.1, 0.15) is 0 Å². The summed E-state index contributed by atoms with van der Waals surface area (Å²) in [5.41, 5.74) is 4.46. The molecule has 3 rings (SSSR count). The number of carbonyl (C=O) groups excluding carboxylic acids is 1. The van der Waals surface area contributed by atoms with Gasteiger partial charge in [0.2, 0.25) is 0 Å². The summed E-state index contributed by atoms with van der Waals surface area (Å²) in [5, 5.41) is 1.71. The van der Waals surface area contributed by atoms with Crippen LogP contribution in [0.1, 0.15) is 21.5 Å². The van der Waals surface area contributed by atoms with E-state index in [1.165, 1.54) is 5.56 Å². The molecule has 0 saturated heterocycles. The fourth-order valence-corrected chi connectivity index (χ4v) is 3.30. The quantitative estimate of drug-likeness (QED) is 0.336. The molecule has 0 aromatic heterocycles. The van der Waals surface area contributed by atoms with Crippen LogP contribution in [0, 0.1) is 0 Å². The third kappa shape index (κ3) is 3.72. The Kier molecular flexibility index (Phi) is 5.40. The molecule has 1 nitrogen and oxygen atoms in total. The highest BCUT2D eigenvalue weighted by atomic mass is 79.9. The lowest BCUT2D eigenvalue weighted by molar-refractivity contribution is 0.103. The highest BCUT2D eigenvalue weighted by molar-refractivity contribution is 9.08. The number of benzene rings is 3. The van der Waals surface area contributed by atoms with Gasteiger partial charge in [-0.3, -0.25) is 4.79 Å². The zero-order valence-electron chi connectivity index (χ0n) is 12.6.